The lowest BCUT2D eigenvalue weighted by Gasteiger charge is -2.10. The molecular formula is C26H32O3. The molecule has 0 radical (unpaired) electrons. The molecule has 2 aromatic rings. The fourth-order valence-electron chi connectivity index (χ4n) is 3.01. The molecule has 1 N–H and O–H groups in total. The Balaban J connectivity index is 1.53. The number of methoxy groups -OCH3 is 1. The van der Waals surface area contributed by atoms with Crippen LogP contribution in [-0.2, 0) is 17.8 Å². The van der Waals surface area contributed by atoms with Crippen molar-refractivity contribution in [3.05, 3.63) is 77.9 Å². The molecule has 0 saturated heterocycles. The smallest absolute Gasteiger partial charge is 0.119 e. The molecule has 0 aliphatic rings. The van der Waals surface area contributed by atoms with Gasteiger partial charge in [-0.1, -0.05) is 54.6 Å². The van der Waals surface area contributed by atoms with Crippen molar-refractivity contribution in [2.75, 3.05) is 13.7 Å². The van der Waals surface area contributed by atoms with Gasteiger partial charge in [-0.2, -0.15) is 0 Å². The van der Waals surface area contributed by atoms with Crippen LogP contribution in [0.1, 0.15) is 43.2 Å². The molecule has 29 heavy (non-hydrogen) atoms. The summed E-state index contributed by atoms with van der Waals surface area (Å²) in [6.45, 7) is 5.42. The summed E-state index contributed by atoms with van der Waals surface area (Å²) in [6, 6.07) is 18.2. The van der Waals surface area contributed by atoms with Crippen molar-refractivity contribution in [3.63, 3.8) is 0 Å². The molecule has 0 heterocycles. The van der Waals surface area contributed by atoms with Crippen molar-refractivity contribution in [2.45, 2.75) is 51.2 Å². The summed E-state index contributed by atoms with van der Waals surface area (Å²) in [7, 11) is 1.67. The van der Waals surface area contributed by atoms with Crippen LogP contribution >= 0.6 is 0 Å². The minimum Gasteiger partial charge on any atom is -0.497 e. The second kappa shape index (κ2) is 13.6. The number of aryl methyl sites for hydroxylation is 1. The summed E-state index contributed by atoms with van der Waals surface area (Å²) in [5.41, 5.74) is 3.45. The Labute approximate surface area is 175 Å². The molecule has 154 valence electrons. The zero-order chi connectivity index (χ0) is 20.7. The fourth-order valence-corrected chi connectivity index (χ4v) is 3.01. The van der Waals surface area contributed by atoms with E-state index in [4.69, 9.17) is 9.47 Å². The van der Waals surface area contributed by atoms with E-state index in [1.807, 2.05) is 36.4 Å². The van der Waals surface area contributed by atoms with E-state index in [2.05, 4.69) is 36.6 Å². The van der Waals surface area contributed by atoms with Gasteiger partial charge in [-0.05, 0) is 48.9 Å². The predicted molar refractivity (Wildman–Crippen MR) is 119 cm³/mol. The highest BCUT2D eigenvalue weighted by atomic mass is 16.5. The lowest BCUT2D eigenvalue weighted by molar-refractivity contribution is 0.118. The van der Waals surface area contributed by atoms with Gasteiger partial charge < -0.3 is 14.6 Å². The van der Waals surface area contributed by atoms with Crippen molar-refractivity contribution >= 4 is 0 Å². The van der Waals surface area contributed by atoms with Crippen LogP contribution in [0.15, 0.2) is 66.7 Å². The molecule has 3 nitrogen and oxygen atoms in total. The first-order valence-electron chi connectivity index (χ1n) is 10.2. The van der Waals surface area contributed by atoms with Crippen molar-refractivity contribution in [1.29, 1.82) is 0 Å². The third kappa shape index (κ3) is 9.99. The van der Waals surface area contributed by atoms with Crippen LogP contribution in [0, 0.1) is 11.8 Å². The van der Waals surface area contributed by atoms with E-state index in [1.54, 1.807) is 7.11 Å². The quantitative estimate of drug-likeness (QED) is 0.302. The van der Waals surface area contributed by atoms with Crippen molar-refractivity contribution in [2.24, 2.45) is 0 Å². The first-order valence-corrected chi connectivity index (χ1v) is 10.2. The maximum atomic E-state index is 10.1. The second-order valence-electron chi connectivity index (χ2n) is 7.16. The summed E-state index contributed by atoms with van der Waals surface area (Å²) >= 11 is 0. The molecule has 0 aliphatic heterocycles. The summed E-state index contributed by atoms with van der Waals surface area (Å²) in [6.07, 6.45) is 4.09. The number of rotatable bonds is 12. The summed E-state index contributed by atoms with van der Waals surface area (Å²) in [4.78, 5) is 0. The molecule has 2 rings (SSSR count). The Kier molecular flexibility index (Phi) is 10.7. The molecule has 0 spiro atoms. The van der Waals surface area contributed by atoms with Gasteiger partial charge in [0.2, 0.25) is 0 Å². The zero-order valence-electron chi connectivity index (χ0n) is 17.4. The van der Waals surface area contributed by atoms with Gasteiger partial charge >= 0.3 is 0 Å². The Bertz CT molecular complexity index is 786. The molecular weight excluding hydrogens is 360 g/mol. The second-order valence-corrected chi connectivity index (χ2v) is 7.16. The van der Waals surface area contributed by atoms with Gasteiger partial charge in [0.25, 0.3) is 0 Å². The number of aliphatic hydroxyl groups is 1. The third-order valence-electron chi connectivity index (χ3n) is 4.59. The first kappa shape index (κ1) is 22.7. The molecule has 0 amide bonds. The summed E-state index contributed by atoms with van der Waals surface area (Å²) in [5, 5.41) is 10.1. The van der Waals surface area contributed by atoms with E-state index in [9.17, 15) is 5.11 Å². The molecule has 0 bridgehead atoms. The Morgan fingerprint density at radius 3 is 2.66 bits per heavy atom. The molecule has 0 unspecified atom stereocenters. The van der Waals surface area contributed by atoms with Crippen LogP contribution in [0.2, 0.25) is 0 Å². The lowest BCUT2D eigenvalue weighted by atomic mass is 10.0. The van der Waals surface area contributed by atoms with E-state index < -0.39 is 6.10 Å². The Hall–Kier alpha value is -2.54. The highest BCUT2D eigenvalue weighted by molar-refractivity contribution is 5.28. The molecule has 0 saturated carbocycles. The van der Waals surface area contributed by atoms with Gasteiger partial charge in [-0.3, -0.25) is 0 Å². The zero-order valence-corrected chi connectivity index (χ0v) is 17.4. The maximum absolute atomic E-state index is 10.1. The Morgan fingerprint density at radius 2 is 1.86 bits per heavy atom. The number of benzene rings is 2. The fraction of sp³-hybridized carbons (Fsp3) is 0.385. The van der Waals surface area contributed by atoms with Crippen LogP contribution < -0.4 is 4.74 Å². The summed E-state index contributed by atoms with van der Waals surface area (Å²) < 4.78 is 10.9. The van der Waals surface area contributed by atoms with Gasteiger partial charge in [0.1, 0.15) is 5.75 Å². The Morgan fingerprint density at radius 1 is 1.07 bits per heavy atom. The van der Waals surface area contributed by atoms with E-state index in [-0.39, 0.29) is 0 Å². The average Bonchev–Trinajstić information content (AvgIpc) is 2.74. The molecule has 0 aliphatic carbocycles. The standard InChI is InChI=1S/C26H32O3/c1-22(11-10-18-29-21-24-13-6-3-7-14-24)19-25(27)16-8-4-5-12-23-15-9-17-26(20-23)28-2/h3,6-7,9,13-15,17,20,25,27H,1,5,10-12,16,18-19,21H2,2H3/t25-/m0/s1. The predicted octanol–water partition coefficient (Wildman–Crippen LogP) is 5.33. The third-order valence-corrected chi connectivity index (χ3v) is 4.59. The van der Waals surface area contributed by atoms with Gasteiger partial charge in [-0.25, -0.2) is 0 Å². The number of aliphatic hydroxyl groups excluding tert-OH is 1. The number of ether oxygens (including phenoxy) is 2. The molecule has 0 aromatic heterocycles. The largest absolute Gasteiger partial charge is 0.497 e. The van der Waals surface area contributed by atoms with Crippen LogP contribution in [-0.4, -0.2) is 24.9 Å². The lowest BCUT2D eigenvalue weighted by Crippen LogP contribution is -2.06. The number of hydrogen-bond acceptors (Lipinski definition) is 3. The van der Waals surface area contributed by atoms with Crippen molar-refractivity contribution in [1.82, 2.24) is 0 Å². The number of hydrogen-bond donors (Lipinski definition) is 1. The highest BCUT2D eigenvalue weighted by Crippen LogP contribution is 2.14. The molecule has 2 aromatic carbocycles. The minimum absolute atomic E-state index is 0.447. The molecule has 1 atom stereocenters. The monoisotopic (exact) mass is 392 g/mol. The van der Waals surface area contributed by atoms with Gasteiger partial charge in [-0.15, -0.1) is 11.8 Å². The van der Waals surface area contributed by atoms with E-state index in [0.717, 1.165) is 37.0 Å². The normalized spacial score (nSPS) is 11.4. The van der Waals surface area contributed by atoms with Gasteiger partial charge in [0, 0.05) is 19.4 Å². The van der Waals surface area contributed by atoms with Crippen LogP contribution in [0.3, 0.4) is 0 Å². The molecule has 0 fully saturated rings. The van der Waals surface area contributed by atoms with Gasteiger partial charge in [0.15, 0.2) is 0 Å². The molecule has 3 heteroatoms. The maximum Gasteiger partial charge on any atom is 0.119 e. The van der Waals surface area contributed by atoms with E-state index in [1.165, 1.54) is 11.1 Å². The van der Waals surface area contributed by atoms with E-state index >= 15 is 0 Å². The summed E-state index contributed by atoms with van der Waals surface area (Å²) in [5.74, 6) is 7.11. The van der Waals surface area contributed by atoms with E-state index in [0.29, 0.717) is 26.1 Å². The highest BCUT2D eigenvalue weighted by Gasteiger charge is 2.05. The van der Waals surface area contributed by atoms with Crippen molar-refractivity contribution in [3.8, 4) is 17.6 Å². The van der Waals surface area contributed by atoms with Crippen LogP contribution in [0.25, 0.3) is 0 Å². The van der Waals surface area contributed by atoms with Gasteiger partial charge in [0.05, 0.1) is 19.8 Å². The SMILES string of the molecule is C=C(CCCOCc1ccccc1)C[C@@H](O)CC#CCCc1cccc(OC)c1. The van der Waals surface area contributed by atoms with Crippen LogP contribution in [0.4, 0.5) is 0 Å². The topological polar surface area (TPSA) is 38.7 Å². The minimum atomic E-state index is -0.447. The van der Waals surface area contributed by atoms with Crippen molar-refractivity contribution < 1.29 is 14.6 Å². The van der Waals surface area contributed by atoms with Crippen LogP contribution in [0.5, 0.6) is 5.75 Å². The first-order chi connectivity index (χ1) is 14.2. The average molecular weight is 393 g/mol.